The van der Waals surface area contributed by atoms with Gasteiger partial charge < -0.3 is 4.90 Å². The minimum atomic E-state index is -0.320. The number of benzene rings is 2. The average molecular weight is 443 g/mol. The molecule has 0 fully saturated rings. The first-order valence-electron chi connectivity index (χ1n) is 11.5. The van der Waals surface area contributed by atoms with Crippen LogP contribution >= 0.6 is 0 Å². The molecule has 1 heterocycles. The molecule has 0 aliphatic carbocycles. The van der Waals surface area contributed by atoms with Gasteiger partial charge in [0, 0.05) is 35.5 Å². The molecule has 0 N–H and O–H groups in total. The molecular weight excluding hydrogens is 408 g/mol. The second-order valence-electron chi connectivity index (χ2n) is 9.60. The molecule has 0 saturated carbocycles. The van der Waals surface area contributed by atoms with Crippen LogP contribution < -0.4 is 15.3 Å². The van der Waals surface area contributed by atoms with Gasteiger partial charge in [-0.3, -0.25) is 10.1 Å². The van der Waals surface area contributed by atoms with E-state index in [2.05, 4.69) is 82.5 Å². The molecule has 2 aromatic carbocycles. The highest BCUT2D eigenvalue weighted by molar-refractivity contribution is 5.72. The van der Waals surface area contributed by atoms with Gasteiger partial charge in [-0.25, -0.2) is 0 Å². The molecule has 4 heteroatoms. The van der Waals surface area contributed by atoms with E-state index in [-0.39, 0.29) is 16.0 Å². The molecule has 2 aromatic rings. The summed E-state index contributed by atoms with van der Waals surface area (Å²) < 4.78 is 0. The minimum Gasteiger partial charge on any atom is -0.344 e. The van der Waals surface area contributed by atoms with Gasteiger partial charge in [0.25, 0.3) is 5.69 Å². The van der Waals surface area contributed by atoms with Crippen molar-refractivity contribution < 1.29 is 4.92 Å². The molecule has 0 aromatic heterocycles. The van der Waals surface area contributed by atoms with E-state index in [1.54, 1.807) is 12.1 Å². The third-order valence-corrected chi connectivity index (χ3v) is 6.21. The van der Waals surface area contributed by atoms with Crippen LogP contribution in [0.4, 0.5) is 11.4 Å². The lowest BCUT2D eigenvalue weighted by Crippen LogP contribution is -2.27. The molecular formula is C29H34N2O2. The molecule has 1 aliphatic heterocycles. The standard InChI is InChI=1S/C29H34N2O2/c1-21(2)18-19-30-27-17-16-25(31(32)33)20-26(27)29(5,6)28(30)13-9-10-22(3)14-15-24-12-8-7-11-23(24)4/h7-17,20-21H,4,18-19H2,1-3,5-6H3/b10-9+,22-14+,24-15-,28-13+. The Hall–Kier alpha value is -3.40. The molecule has 33 heavy (non-hydrogen) atoms. The Morgan fingerprint density at radius 3 is 2.58 bits per heavy atom. The van der Waals surface area contributed by atoms with E-state index in [0.29, 0.717) is 5.92 Å². The first-order valence-corrected chi connectivity index (χ1v) is 11.5. The molecule has 0 atom stereocenters. The third kappa shape index (κ3) is 5.51. The molecule has 0 saturated heterocycles. The van der Waals surface area contributed by atoms with Gasteiger partial charge >= 0.3 is 0 Å². The van der Waals surface area contributed by atoms with E-state index in [1.807, 2.05) is 24.3 Å². The summed E-state index contributed by atoms with van der Waals surface area (Å²) in [6.45, 7) is 15.8. The van der Waals surface area contributed by atoms with Crippen molar-refractivity contribution in [3.8, 4) is 0 Å². The molecule has 172 valence electrons. The molecule has 0 amide bonds. The number of nitro benzene ring substituents is 1. The zero-order chi connectivity index (χ0) is 24.2. The maximum absolute atomic E-state index is 11.4. The van der Waals surface area contributed by atoms with Gasteiger partial charge in [-0.2, -0.15) is 0 Å². The maximum atomic E-state index is 11.4. The van der Waals surface area contributed by atoms with Crippen molar-refractivity contribution in [2.75, 3.05) is 11.4 Å². The Labute approximate surface area is 197 Å². The van der Waals surface area contributed by atoms with Gasteiger partial charge in [-0.05, 0) is 47.4 Å². The molecule has 0 radical (unpaired) electrons. The Morgan fingerprint density at radius 1 is 1.18 bits per heavy atom. The predicted molar refractivity (Wildman–Crippen MR) is 140 cm³/mol. The van der Waals surface area contributed by atoms with Crippen molar-refractivity contribution in [3.05, 3.63) is 104 Å². The van der Waals surface area contributed by atoms with Crippen LogP contribution in [0.1, 0.15) is 46.6 Å². The maximum Gasteiger partial charge on any atom is 0.269 e. The number of nitrogens with zero attached hydrogens (tertiary/aromatic N) is 2. The predicted octanol–water partition coefficient (Wildman–Crippen LogP) is 6.02. The largest absolute Gasteiger partial charge is 0.344 e. The second kappa shape index (κ2) is 10.0. The Morgan fingerprint density at radius 2 is 1.91 bits per heavy atom. The van der Waals surface area contributed by atoms with Crippen molar-refractivity contribution in [2.45, 2.75) is 46.5 Å². The highest BCUT2D eigenvalue weighted by Crippen LogP contribution is 2.49. The van der Waals surface area contributed by atoms with Crippen LogP contribution in [0.3, 0.4) is 0 Å². The highest BCUT2D eigenvalue weighted by Gasteiger charge is 2.40. The molecule has 3 rings (SSSR count). The number of fused-ring (bicyclic) bond motifs is 1. The van der Waals surface area contributed by atoms with Crippen molar-refractivity contribution in [1.29, 1.82) is 0 Å². The molecule has 4 nitrogen and oxygen atoms in total. The molecule has 1 aliphatic rings. The van der Waals surface area contributed by atoms with E-state index in [4.69, 9.17) is 0 Å². The van der Waals surface area contributed by atoms with Crippen LogP contribution in [-0.4, -0.2) is 11.5 Å². The third-order valence-electron chi connectivity index (χ3n) is 6.21. The van der Waals surface area contributed by atoms with E-state index >= 15 is 0 Å². The van der Waals surface area contributed by atoms with Gasteiger partial charge in [0.15, 0.2) is 0 Å². The zero-order valence-electron chi connectivity index (χ0n) is 20.3. The summed E-state index contributed by atoms with van der Waals surface area (Å²) in [5.41, 5.74) is 4.19. The van der Waals surface area contributed by atoms with Crippen LogP contribution in [0.5, 0.6) is 0 Å². The summed E-state index contributed by atoms with van der Waals surface area (Å²) in [5, 5.41) is 13.5. The lowest BCUT2D eigenvalue weighted by molar-refractivity contribution is -0.384. The van der Waals surface area contributed by atoms with E-state index < -0.39 is 0 Å². The molecule has 0 bridgehead atoms. The van der Waals surface area contributed by atoms with Crippen LogP contribution in [0.2, 0.25) is 0 Å². The number of anilines is 1. The van der Waals surface area contributed by atoms with E-state index in [9.17, 15) is 10.1 Å². The smallest absolute Gasteiger partial charge is 0.269 e. The number of hydrogen-bond acceptors (Lipinski definition) is 3. The summed E-state index contributed by atoms with van der Waals surface area (Å²) in [6, 6.07) is 13.3. The fourth-order valence-electron chi connectivity index (χ4n) is 4.17. The fourth-order valence-corrected chi connectivity index (χ4v) is 4.17. The van der Waals surface area contributed by atoms with E-state index in [0.717, 1.165) is 45.9 Å². The second-order valence-corrected chi connectivity index (χ2v) is 9.60. The van der Waals surface area contributed by atoms with Crippen LogP contribution in [0.25, 0.3) is 12.7 Å². The van der Waals surface area contributed by atoms with Crippen molar-refractivity contribution in [3.63, 3.8) is 0 Å². The summed E-state index contributed by atoms with van der Waals surface area (Å²) in [4.78, 5) is 13.4. The number of allylic oxidation sites excluding steroid dienone is 6. The molecule has 0 unspecified atom stereocenters. The normalized spacial score (nSPS) is 17.4. The Balaban J connectivity index is 1.95. The van der Waals surface area contributed by atoms with Crippen LogP contribution in [0, 0.1) is 16.0 Å². The van der Waals surface area contributed by atoms with E-state index in [1.165, 1.54) is 0 Å². The number of rotatable bonds is 7. The number of nitro groups is 1. The lowest BCUT2D eigenvalue weighted by Gasteiger charge is -2.27. The first-order chi connectivity index (χ1) is 15.6. The number of hydrogen-bond donors (Lipinski definition) is 0. The number of non-ortho nitro benzene ring substituents is 1. The topological polar surface area (TPSA) is 46.4 Å². The lowest BCUT2D eigenvalue weighted by atomic mass is 9.83. The van der Waals surface area contributed by atoms with Crippen LogP contribution in [0.15, 0.2) is 78.0 Å². The SMILES string of the molecule is C=c1cccc/c1=C/C=C(C)/C=C/C=C1/N(CCC(C)C)c2ccc([N+](=O)[O-])cc2C1(C)C. The van der Waals surface area contributed by atoms with Crippen molar-refractivity contribution in [1.82, 2.24) is 0 Å². The summed E-state index contributed by atoms with van der Waals surface area (Å²) >= 11 is 0. The van der Waals surface area contributed by atoms with Crippen molar-refractivity contribution >= 4 is 24.0 Å². The fraction of sp³-hybridized carbons (Fsp3) is 0.310. The van der Waals surface area contributed by atoms with Gasteiger partial charge in [0.2, 0.25) is 0 Å². The minimum absolute atomic E-state index is 0.141. The van der Waals surface area contributed by atoms with Gasteiger partial charge in [-0.1, -0.05) is 88.4 Å². The van der Waals surface area contributed by atoms with Crippen molar-refractivity contribution in [2.24, 2.45) is 5.92 Å². The van der Waals surface area contributed by atoms with Gasteiger partial charge in [-0.15, -0.1) is 0 Å². The summed E-state index contributed by atoms with van der Waals surface area (Å²) in [7, 11) is 0. The highest BCUT2D eigenvalue weighted by atomic mass is 16.6. The quantitative estimate of drug-likeness (QED) is 0.299. The first kappa shape index (κ1) is 24.2. The monoisotopic (exact) mass is 442 g/mol. The Bertz CT molecular complexity index is 1230. The van der Waals surface area contributed by atoms with Gasteiger partial charge in [0.05, 0.1) is 4.92 Å². The average Bonchev–Trinajstić information content (AvgIpc) is 2.97. The summed E-state index contributed by atoms with van der Waals surface area (Å²) in [5.74, 6) is 0.573. The Kier molecular flexibility index (Phi) is 7.37. The van der Waals surface area contributed by atoms with Crippen LogP contribution in [-0.2, 0) is 5.41 Å². The van der Waals surface area contributed by atoms with Gasteiger partial charge in [0.1, 0.15) is 0 Å². The zero-order valence-corrected chi connectivity index (χ0v) is 20.3. The molecule has 0 spiro atoms. The summed E-state index contributed by atoms with van der Waals surface area (Å²) in [6.07, 6.45) is 11.5.